The first-order valence-electron chi connectivity index (χ1n) is 6.90. The third-order valence-corrected chi connectivity index (χ3v) is 3.56. The molecule has 0 atom stereocenters. The molecule has 0 radical (unpaired) electrons. The number of ether oxygens (including phenoxy) is 1. The molecule has 2 amide bonds. The number of urea groups is 1. The van der Waals surface area contributed by atoms with Crippen molar-refractivity contribution in [2.45, 2.75) is 6.42 Å². The molecule has 22 heavy (non-hydrogen) atoms. The van der Waals surface area contributed by atoms with Crippen molar-refractivity contribution in [2.24, 2.45) is 0 Å². The molecule has 0 aliphatic carbocycles. The Hall–Kier alpha value is -1.02. The molecule has 1 aromatic rings. The smallest absolute Gasteiger partial charge is 0.317 e. The van der Waals surface area contributed by atoms with Gasteiger partial charge in [-0.25, -0.2) is 4.79 Å². The van der Waals surface area contributed by atoms with Crippen LogP contribution in [0.3, 0.4) is 0 Å². The van der Waals surface area contributed by atoms with Gasteiger partial charge in [-0.1, -0.05) is 27.5 Å². The molecule has 0 fully saturated rings. The average molecular weight is 396 g/mol. The fraction of sp³-hybridized carbons (Fsp3) is 0.500. The minimum atomic E-state index is -0.315. The molecular weight excluding hydrogens is 376 g/mol. The first-order valence-corrected chi connectivity index (χ1v) is 8.08. The zero-order valence-electron chi connectivity index (χ0n) is 12.1. The van der Waals surface area contributed by atoms with Crippen LogP contribution in [0.2, 0.25) is 5.02 Å². The van der Waals surface area contributed by atoms with Crippen molar-refractivity contribution in [1.82, 2.24) is 10.2 Å². The molecule has 6 nitrogen and oxygen atoms in total. The van der Waals surface area contributed by atoms with Crippen molar-refractivity contribution >= 4 is 33.6 Å². The quantitative estimate of drug-likeness (QED) is 0.558. The maximum Gasteiger partial charge on any atom is 0.317 e. The van der Waals surface area contributed by atoms with E-state index in [1.165, 1.54) is 4.90 Å². The molecule has 0 spiro atoms. The van der Waals surface area contributed by atoms with Crippen LogP contribution in [-0.2, 0) is 0 Å². The van der Waals surface area contributed by atoms with Gasteiger partial charge >= 0.3 is 6.03 Å². The molecule has 0 bridgehead atoms. The fourth-order valence-corrected chi connectivity index (χ4v) is 2.44. The summed E-state index contributed by atoms with van der Waals surface area (Å²) in [4.78, 5) is 13.1. The summed E-state index contributed by atoms with van der Waals surface area (Å²) >= 11 is 9.34. The summed E-state index contributed by atoms with van der Waals surface area (Å²) in [6.45, 7) is 0.952. The van der Waals surface area contributed by atoms with Crippen LogP contribution in [-0.4, -0.2) is 60.6 Å². The highest BCUT2D eigenvalue weighted by molar-refractivity contribution is 9.10. The van der Waals surface area contributed by atoms with Gasteiger partial charge in [-0.2, -0.15) is 0 Å². The predicted molar refractivity (Wildman–Crippen MR) is 88.4 cm³/mol. The van der Waals surface area contributed by atoms with Crippen molar-refractivity contribution in [3.8, 4) is 5.75 Å². The third kappa shape index (κ3) is 6.83. The van der Waals surface area contributed by atoms with Gasteiger partial charge in [0.25, 0.3) is 0 Å². The van der Waals surface area contributed by atoms with E-state index in [0.29, 0.717) is 30.3 Å². The van der Waals surface area contributed by atoms with Crippen molar-refractivity contribution in [3.05, 3.63) is 27.7 Å². The van der Waals surface area contributed by atoms with Crippen LogP contribution in [0.4, 0.5) is 4.79 Å². The molecule has 0 heterocycles. The van der Waals surface area contributed by atoms with Gasteiger partial charge in [0.1, 0.15) is 5.75 Å². The van der Waals surface area contributed by atoms with Gasteiger partial charge in [-0.15, -0.1) is 0 Å². The highest BCUT2D eigenvalue weighted by Crippen LogP contribution is 2.27. The highest BCUT2D eigenvalue weighted by atomic mass is 79.9. The summed E-state index contributed by atoms with van der Waals surface area (Å²) in [5.41, 5.74) is 0. The van der Waals surface area contributed by atoms with Gasteiger partial charge in [0.15, 0.2) is 0 Å². The van der Waals surface area contributed by atoms with Gasteiger partial charge in [0, 0.05) is 24.1 Å². The second-order valence-corrected chi connectivity index (χ2v) is 5.77. The second-order valence-electron chi connectivity index (χ2n) is 4.44. The zero-order valence-corrected chi connectivity index (χ0v) is 14.4. The first-order chi connectivity index (χ1) is 10.6. The van der Waals surface area contributed by atoms with Gasteiger partial charge in [0.05, 0.1) is 24.8 Å². The Kier molecular flexibility index (Phi) is 9.22. The number of carbonyl (C=O) groups is 1. The van der Waals surface area contributed by atoms with Gasteiger partial charge < -0.3 is 25.2 Å². The van der Waals surface area contributed by atoms with Crippen LogP contribution in [0.5, 0.6) is 5.75 Å². The largest absolute Gasteiger partial charge is 0.492 e. The van der Waals surface area contributed by atoms with E-state index in [-0.39, 0.29) is 32.3 Å². The summed E-state index contributed by atoms with van der Waals surface area (Å²) in [7, 11) is 0. The van der Waals surface area contributed by atoms with Crippen molar-refractivity contribution in [3.63, 3.8) is 0 Å². The van der Waals surface area contributed by atoms with Crippen LogP contribution in [0.15, 0.2) is 22.7 Å². The van der Waals surface area contributed by atoms with Crippen LogP contribution < -0.4 is 10.1 Å². The van der Waals surface area contributed by atoms with E-state index < -0.39 is 0 Å². The molecule has 3 N–H and O–H groups in total. The van der Waals surface area contributed by atoms with E-state index >= 15 is 0 Å². The number of nitrogens with zero attached hydrogens (tertiary/aromatic N) is 1. The standard InChI is InChI=1S/C14H20BrClN2O4/c15-11-2-3-13(12(16)10-11)22-9-1-4-17-14(21)18(5-7-19)6-8-20/h2-3,10,19-20H,1,4-9H2,(H,17,21). The van der Waals surface area contributed by atoms with E-state index in [1.807, 2.05) is 6.07 Å². The third-order valence-electron chi connectivity index (χ3n) is 2.78. The number of carbonyl (C=O) groups excluding carboxylic acids is 1. The lowest BCUT2D eigenvalue weighted by Gasteiger charge is -2.21. The molecule has 0 saturated carbocycles. The number of hydrogen-bond acceptors (Lipinski definition) is 4. The number of hydrogen-bond donors (Lipinski definition) is 3. The number of benzene rings is 1. The summed E-state index contributed by atoms with van der Waals surface area (Å²) in [5, 5.41) is 20.9. The molecule has 0 aliphatic rings. The number of aliphatic hydroxyl groups excluding tert-OH is 2. The topological polar surface area (TPSA) is 82.0 Å². The summed E-state index contributed by atoms with van der Waals surface area (Å²) < 4.78 is 6.41. The lowest BCUT2D eigenvalue weighted by atomic mass is 10.3. The number of halogens is 2. The van der Waals surface area contributed by atoms with Crippen molar-refractivity contribution < 1.29 is 19.7 Å². The van der Waals surface area contributed by atoms with E-state index in [0.717, 1.165) is 4.47 Å². The Balaban J connectivity index is 2.25. The first kappa shape index (κ1) is 19.0. The Morgan fingerprint density at radius 2 is 2.00 bits per heavy atom. The predicted octanol–water partition coefficient (Wildman–Crippen LogP) is 1.87. The van der Waals surface area contributed by atoms with E-state index in [2.05, 4.69) is 21.2 Å². The van der Waals surface area contributed by atoms with E-state index in [1.54, 1.807) is 12.1 Å². The Morgan fingerprint density at radius 3 is 2.59 bits per heavy atom. The summed E-state index contributed by atoms with van der Waals surface area (Å²) in [6.07, 6.45) is 0.615. The van der Waals surface area contributed by atoms with Gasteiger partial charge in [0.2, 0.25) is 0 Å². The van der Waals surface area contributed by atoms with Crippen molar-refractivity contribution in [1.29, 1.82) is 0 Å². The lowest BCUT2D eigenvalue weighted by molar-refractivity contribution is 0.158. The summed E-state index contributed by atoms with van der Waals surface area (Å²) in [6, 6.07) is 5.05. The molecule has 0 saturated heterocycles. The Labute approximate surface area is 143 Å². The fourth-order valence-electron chi connectivity index (χ4n) is 1.71. The molecule has 8 heteroatoms. The lowest BCUT2D eigenvalue weighted by Crippen LogP contribution is -2.43. The molecule has 0 aliphatic heterocycles. The number of nitrogens with one attached hydrogen (secondary N) is 1. The average Bonchev–Trinajstić information content (AvgIpc) is 2.48. The Morgan fingerprint density at radius 1 is 1.32 bits per heavy atom. The van der Waals surface area contributed by atoms with Crippen LogP contribution >= 0.6 is 27.5 Å². The zero-order chi connectivity index (χ0) is 16.4. The number of amides is 2. The molecule has 124 valence electrons. The minimum Gasteiger partial charge on any atom is -0.492 e. The molecular formula is C14H20BrClN2O4. The van der Waals surface area contributed by atoms with Gasteiger partial charge in [-0.05, 0) is 24.6 Å². The Bertz CT molecular complexity index is 470. The molecule has 1 aromatic carbocycles. The second kappa shape index (κ2) is 10.7. The van der Waals surface area contributed by atoms with E-state index in [4.69, 9.17) is 26.6 Å². The molecule has 0 unspecified atom stereocenters. The van der Waals surface area contributed by atoms with Crippen LogP contribution in [0.1, 0.15) is 6.42 Å². The SMILES string of the molecule is O=C(NCCCOc1ccc(Br)cc1Cl)N(CCO)CCO. The molecule has 0 aromatic heterocycles. The summed E-state index contributed by atoms with van der Waals surface area (Å²) in [5.74, 6) is 0.596. The molecule has 1 rings (SSSR count). The minimum absolute atomic E-state index is 0.140. The number of rotatable bonds is 9. The van der Waals surface area contributed by atoms with Crippen LogP contribution in [0, 0.1) is 0 Å². The number of aliphatic hydroxyl groups is 2. The van der Waals surface area contributed by atoms with Crippen molar-refractivity contribution in [2.75, 3.05) is 39.5 Å². The highest BCUT2D eigenvalue weighted by Gasteiger charge is 2.11. The van der Waals surface area contributed by atoms with E-state index in [9.17, 15) is 4.79 Å². The normalized spacial score (nSPS) is 10.4. The van der Waals surface area contributed by atoms with Crippen LogP contribution in [0.25, 0.3) is 0 Å². The maximum atomic E-state index is 11.8. The maximum absolute atomic E-state index is 11.8. The van der Waals surface area contributed by atoms with Gasteiger partial charge in [-0.3, -0.25) is 0 Å². The monoisotopic (exact) mass is 394 g/mol.